The molecule has 1 aliphatic rings. The van der Waals surface area contributed by atoms with Gasteiger partial charge < -0.3 is 0 Å². The van der Waals surface area contributed by atoms with Gasteiger partial charge in [0.05, 0.1) is 16.8 Å². The molecule has 0 radical (unpaired) electrons. The molecule has 1 aliphatic carbocycles. The van der Waals surface area contributed by atoms with E-state index in [1.165, 1.54) is 27.8 Å². The molecule has 0 atom stereocenters. The average Bonchev–Trinajstić information content (AvgIpc) is 3.49. The minimum atomic E-state index is -0.520. The Kier molecular flexibility index (Phi) is 7.02. The molecule has 0 saturated carbocycles. The van der Waals surface area contributed by atoms with Crippen LogP contribution in [0.2, 0.25) is 0 Å². The first-order valence-electron chi connectivity index (χ1n) is 16.6. The Morgan fingerprint density at radius 3 is 1.61 bits per heavy atom. The average molecular weight is 626 g/mol. The molecule has 0 bridgehead atoms. The quantitative estimate of drug-likeness (QED) is 0.185. The van der Waals surface area contributed by atoms with Gasteiger partial charge in [-0.15, -0.1) is 0 Å². The second-order valence-electron chi connectivity index (χ2n) is 12.4. The molecule has 0 fully saturated rings. The van der Waals surface area contributed by atoms with Crippen molar-refractivity contribution in [3.05, 3.63) is 211 Å². The van der Waals surface area contributed by atoms with Gasteiger partial charge in [0, 0.05) is 34.6 Å². The largest absolute Gasteiger partial charge is 0.264 e. The van der Waals surface area contributed by atoms with E-state index in [9.17, 15) is 0 Å². The van der Waals surface area contributed by atoms with Gasteiger partial charge in [0.15, 0.2) is 5.82 Å². The van der Waals surface area contributed by atoms with Crippen LogP contribution in [0.5, 0.6) is 0 Å². The molecule has 2 aromatic heterocycles. The van der Waals surface area contributed by atoms with Gasteiger partial charge in [-0.2, -0.15) is 0 Å². The number of nitrogens with zero attached hydrogens (tertiary/aromatic N) is 3. The van der Waals surface area contributed by atoms with Gasteiger partial charge in [0.1, 0.15) is 0 Å². The Labute approximate surface area is 286 Å². The summed E-state index contributed by atoms with van der Waals surface area (Å²) in [5.41, 5.74) is 13.8. The third-order valence-electron chi connectivity index (χ3n) is 9.67. The van der Waals surface area contributed by atoms with Crippen molar-refractivity contribution in [1.82, 2.24) is 15.0 Å². The van der Waals surface area contributed by atoms with Crippen molar-refractivity contribution in [3.8, 4) is 56.2 Å². The van der Waals surface area contributed by atoms with E-state index in [1.807, 2.05) is 24.5 Å². The minimum Gasteiger partial charge on any atom is -0.264 e. The second kappa shape index (κ2) is 12.0. The maximum Gasteiger partial charge on any atom is 0.160 e. The molecule has 9 rings (SSSR count). The lowest BCUT2D eigenvalue weighted by atomic mass is 9.67. The lowest BCUT2D eigenvalue weighted by Crippen LogP contribution is -2.28. The summed E-state index contributed by atoms with van der Waals surface area (Å²) in [6.07, 6.45) is 3.93. The molecule has 6 aromatic carbocycles. The fraction of sp³-hybridized carbons (Fsp3) is 0.0217. The van der Waals surface area contributed by atoms with E-state index in [2.05, 4.69) is 169 Å². The molecule has 49 heavy (non-hydrogen) atoms. The highest BCUT2D eigenvalue weighted by Gasteiger charge is 2.46. The normalized spacial score (nSPS) is 12.7. The Morgan fingerprint density at radius 1 is 0.367 bits per heavy atom. The van der Waals surface area contributed by atoms with Crippen LogP contribution in [0.3, 0.4) is 0 Å². The Bertz CT molecular complexity index is 2380. The lowest BCUT2D eigenvalue weighted by molar-refractivity contribution is 0.767. The third kappa shape index (κ3) is 4.87. The van der Waals surface area contributed by atoms with Crippen molar-refractivity contribution >= 4 is 0 Å². The van der Waals surface area contributed by atoms with E-state index >= 15 is 0 Å². The Hall–Kier alpha value is -6.45. The highest BCUT2D eigenvalue weighted by atomic mass is 14.9. The molecule has 230 valence electrons. The van der Waals surface area contributed by atoms with Gasteiger partial charge in [-0.25, -0.2) is 9.97 Å². The molecular formula is C46H31N3. The van der Waals surface area contributed by atoms with Crippen LogP contribution in [-0.2, 0) is 5.41 Å². The number of hydrogen-bond acceptors (Lipinski definition) is 3. The van der Waals surface area contributed by atoms with Crippen LogP contribution in [0.1, 0.15) is 22.3 Å². The van der Waals surface area contributed by atoms with Gasteiger partial charge in [-0.05, 0) is 63.2 Å². The zero-order valence-corrected chi connectivity index (χ0v) is 26.7. The van der Waals surface area contributed by atoms with Gasteiger partial charge in [-0.3, -0.25) is 4.98 Å². The Morgan fingerprint density at radius 2 is 0.939 bits per heavy atom. The fourth-order valence-corrected chi connectivity index (χ4v) is 7.44. The molecule has 3 nitrogen and oxygen atoms in total. The van der Waals surface area contributed by atoms with Crippen LogP contribution in [0, 0.1) is 0 Å². The summed E-state index contributed by atoms with van der Waals surface area (Å²) < 4.78 is 0. The van der Waals surface area contributed by atoms with Crippen molar-refractivity contribution in [2.75, 3.05) is 0 Å². The van der Waals surface area contributed by atoms with Crippen molar-refractivity contribution in [2.45, 2.75) is 5.41 Å². The van der Waals surface area contributed by atoms with Crippen LogP contribution in [0.4, 0.5) is 0 Å². The van der Waals surface area contributed by atoms with Crippen molar-refractivity contribution in [1.29, 1.82) is 0 Å². The van der Waals surface area contributed by atoms with Crippen molar-refractivity contribution in [2.24, 2.45) is 0 Å². The first kappa shape index (κ1) is 28.7. The van der Waals surface area contributed by atoms with E-state index in [-0.39, 0.29) is 0 Å². The SMILES string of the molecule is c1ccc(-c2cccc(-c3nc(-c4ccccc4)cc(-c4ccc5c(c4)C(c4ccccc4)(c4ccccc4)c4ccncc4-5)n3)c2)cc1. The maximum atomic E-state index is 5.28. The summed E-state index contributed by atoms with van der Waals surface area (Å²) in [5.74, 6) is 0.694. The van der Waals surface area contributed by atoms with E-state index in [4.69, 9.17) is 9.97 Å². The molecule has 8 aromatic rings. The van der Waals surface area contributed by atoms with Crippen LogP contribution in [0.15, 0.2) is 188 Å². The van der Waals surface area contributed by atoms with Crippen LogP contribution < -0.4 is 0 Å². The summed E-state index contributed by atoms with van der Waals surface area (Å²) in [4.78, 5) is 15.0. The minimum absolute atomic E-state index is 0.520. The summed E-state index contributed by atoms with van der Waals surface area (Å²) in [6, 6.07) is 62.1. The Balaban J connectivity index is 1.28. The predicted octanol–water partition coefficient (Wildman–Crippen LogP) is 10.9. The summed E-state index contributed by atoms with van der Waals surface area (Å²) >= 11 is 0. The number of fused-ring (bicyclic) bond motifs is 3. The molecular weight excluding hydrogens is 595 g/mol. The number of rotatable bonds is 6. The first-order chi connectivity index (χ1) is 24.3. The van der Waals surface area contributed by atoms with E-state index in [0.717, 1.165) is 44.8 Å². The third-order valence-corrected chi connectivity index (χ3v) is 9.67. The second-order valence-corrected chi connectivity index (χ2v) is 12.4. The zero-order chi connectivity index (χ0) is 32.6. The van der Waals surface area contributed by atoms with Crippen molar-refractivity contribution in [3.63, 3.8) is 0 Å². The van der Waals surface area contributed by atoms with E-state index < -0.39 is 5.41 Å². The molecule has 0 aliphatic heterocycles. The highest BCUT2D eigenvalue weighted by Crippen LogP contribution is 2.56. The van der Waals surface area contributed by atoms with Crippen molar-refractivity contribution < 1.29 is 0 Å². The number of hydrogen-bond donors (Lipinski definition) is 0. The molecule has 0 spiro atoms. The zero-order valence-electron chi connectivity index (χ0n) is 26.7. The number of aromatic nitrogens is 3. The first-order valence-corrected chi connectivity index (χ1v) is 16.6. The summed E-state index contributed by atoms with van der Waals surface area (Å²) in [5, 5.41) is 0. The number of benzene rings is 6. The van der Waals surface area contributed by atoms with Gasteiger partial charge in [0.25, 0.3) is 0 Å². The summed E-state index contributed by atoms with van der Waals surface area (Å²) in [6.45, 7) is 0. The molecule has 0 unspecified atom stereocenters. The van der Waals surface area contributed by atoms with Gasteiger partial charge >= 0.3 is 0 Å². The molecule has 0 amide bonds. The molecule has 2 heterocycles. The number of pyridine rings is 1. The monoisotopic (exact) mass is 625 g/mol. The van der Waals surface area contributed by atoms with Crippen LogP contribution in [-0.4, -0.2) is 15.0 Å². The standard InChI is InChI=1S/C46H31N3/c1-5-14-32(15-6-1)34-18-13-19-36(28-34)45-48-43(33-16-7-2-8-17-33)30-44(49-45)35-24-25-39-40-31-47-27-26-41(40)46(42(39)29-35,37-20-9-3-10-21-37)38-22-11-4-12-23-38/h1-31H. The molecule has 0 saturated heterocycles. The van der Waals surface area contributed by atoms with Gasteiger partial charge in [-0.1, -0.05) is 152 Å². The highest BCUT2D eigenvalue weighted by molar-refractivity contribution is 5.88. The summed E-state index contributed by atoms with van der Waals surface area (Å²) in [7, 11) is 0. The molecule has 3 heteroatoms. The predicted molar refractivity (Wildman–Crippen MR) is 199 cm³/mol. The maximum absolute atomic E-state index is 5.28. The fourth-order valence-electron chi connectivity index (χ4n) is 7.44. The van der Waals surface area contributed by atoms with E-state index in [1.54, 1.807) is 0 Å². The lowest BCUT2D eigenvalue weighted by Gasteiger charge is -2.34. The topological polar surface area (TPSA) is 38.7 Å². The van der Waals surface area contributed by atoms with Crippen LogP contribution >= 0.6 is 0 Å². The molecule has 0 N–H and O–H groups in total. The van der Waals surface area contributed by atoms with Crippen LogP contribution in [0.25, 0.3) is 56.2 Å². The smallest absolute Gasteiger partial charge is 0.160 e. The van der Waals surface area contributed by atoms with E-state index in [0.29, 0.717) is 5.82 Å². The van der Waals surface area contributed by atoms with Gasteiger partial charge in [0.2, 0.25) is 0 Å².